The zero-order valence-electron chi connectivity index (χ0n) is 12.5. The molecule has 4 nitrogen and oxygen atoms in total. The highest BCUT2D eigenvalue weighted by atomic mass is 16.5. The second kappa shape index (κ2) is 6.06. The first-order valence-corrected chi connectivity index (χ1v) is 6.42. The third kappa shape index (κ3) is 3.96. The molecule has 0 saturated carbocycles. The van der Waals surface area contributed by atoms with Gasteiger partial charge in [0.2, 0.25) is 5.91 Å². The van der Waals surface area contributed by atoms with Gasteiger partial charge in [0.15, 0.2) is 0 Å². The van der Waals surface area contributed by atoms with Gasteiger partial charge in [0, 0.05) is 17.5 Å². The fourth-order valence-corrected chi connectivity index (χ4v) is 2.32. The topological polar surface area (TPSA) is 64.3 Å². The Labute approximate surface area is 115 Å². The Balaban J connectivity index is 3.02. The largest absolute Gasteiger partial charge is 0.496 e. The molecule has 0 heterocycles. The summed E-state index contributed by atoms with van der Waals surface area (Å²) >= 11 is 0. The summed E-state index contributed by atoms with van der Waals surface area (Å²) in [5.41, 5.74) is 8.47. The van der Waals surface area contributed by atoms with E-state index in [2.05, 4.69) is 38.2 Å². The van der Waals surface area contributed by atoms with E-state index in [0.717, 1.165) is 16.9 Å². The van der Waals surface area contributed by atoms with E-state index in [1.54, 1.807) is 7.11 Å². The zero-order chi connectivity index (χ0) is 14.6. The fraction of sp³-hybridized carbons (Fsp3) is 0.533. The number of carbonyl (C=O) groups is 1. The maximum absolute atomic E-state index is 10.8. The van der Waals surface area contributed by atoms with E-state index >= 15 is 0 Å². The summed E-state index contributed by atoms with van der Waals surface area (Å²) < 4.78 is 5.53. The molecule has 106 valence electrons. The van der Waals surface area contributed by atoms with Crippen LogP contribution in [0.15, 0.2) is 12.1 Å². The molecule has 3 N–H and O–H groups in total. The van der Waals surface area contributed by atoms with Gasteiger partial charge in [0.25, 0.3) is 0 Å². The third-order valence-corrected chi connectivity index (χ3v) is 3.22. The molecule has 0 aromatic heterocycles. The van der Waals surface area contributed by atoms with E-state index in [4.69, 9.17) is 10.5 Å². The number of rotatable bonds is 6. The Morgan fingerprint density at radius 2 is 2.00 bits per heavy atom. The Bertz CT molecular complexity index is 467. The van der Waals surface area contributed by atoms with Crippen LogP contribution in [0.2, 0.25) is 0 Å². The summed E-state index contributed by atoms with van der Waals surface area (Å²) in [7, 11) is 1.69. The van der Waals surface area contributed by atoms with Crippen molar-refractivity contribution >= 4 is 5.91 Å². The molecule has 0 bridgehead atoms. The molecule has 1 aromatic rings. The first kappa shape index (κ1) is 15.5. The second-order valence-corrected chi connectivity index (χ2v) is 5.62. The van der Waals surface area contributed by atoms with Crippen LogP contribution in [-0.2, 0) is 10.2 Å². The molecule has 0 spiro atoms. The molecule has 0 unspecified atom stereocenters. The van der Waals surface area contributed by atoms with Gasteiger partial charge in [-0.2, -0.15) is 0 Å². The summed E-state index contributed by atoms with van der Waals surface area (Å²) in [5.74, 6) is 0.569. The molecule has 1 amide bonds. The highest BCUT2D eigenvalue weighted by molar-refractivity contribution is 5.75. The van der Waals surface area contributed by atoms with Crippen LogP contribution in [0.1, 0.15) is 30.5 Å². The van der Waals surface area contributed by atoms with Crippen molar-refractivity contribution in [2.24, 2.45) is 5.73 Å². The fourth-order valence-electron chi connectivity index (χ4n) is 2.32. The first-order valence-electron chi connectivity index (χ1n) is 6.42. The molecule has 0 aliphatic heterocycles. The Hall–Kier alpha value is -1.55. The van der Waals surface area contributed by atoms with E-state index in [0.29, 0.717) is 6.54 Å². The predicted octanol–water partition coefficient (Wildman–Crippen LogP) is 1.66. The molecule has 0 radical (unpaired) electrons. The van der Waals surface area contributed by atoms with Gasteiger partial charge in [-0.3, -0.25) is 4.79 Å². The molecule has 1 rings (SSSR count). The lowest BCUT2D eigenvalue weighted by Crippen LogP contribution is -2.38. The van der Waals surface area contributed by atoms with E-state index in [1.165, 1.54) is 5.56 Å². The summed E-state index contributed by atoms with van der Waals surface area (Å²) in [6.45, 7) is 9.21. The van der Waals surface area contributed by atoms with Crippen molar-refractivity contribution in [3.05, 3.63) is 28.8 Å². The normalized spacial score (nSPS) is 11.4. The SMILES string of the molecule is COc1c(C)cc(C)cc1C(C)(C)CNCC(N)=O. The Morgan fingerprint density at radius 3 is 2.53 bits per heavy atom. The number of hydrogen-bond acceptors (Lipinski definition) is 3. The molecule has 19 heavy (non-hydrogen) atoms. The lowest BCUT2D eigenvalue weighted by Gasteiger charge is -2.28. The van der Waals surface area contributed by atoms with Crippen LogP contribution < -0.4 is 15.8 Å². The minimum Gasteiger partial charge on any atom is -0.496 e. The predicted molar refractivity (Wildman–Crippen MR) is 77.6 cm³/mol. The quantitative estimate of drug-likeness (QED) is 0.821. The molecule has 0 aliphatic rings. The molecular formula is C15H24N2O2. The summed E-state index contributed by atoms with van der Waals surface area (Å²) in [6, 6.07) is 4.24. The number of ether oxygens (including phenoxy) is 1. The van der Waals surface area contributed by atoms with E-state index in [9.17, 15) is 4.79 Å². The number of benzene rings is 1. The lowest BCUT2D eigenvalue weighted by molar-refractivity contribution is -0.117. The van der Waals surface area contributed by atoms with Gasteiger partial charge >= 0.3 is 0 Å². The molecule has 1 aromatic carbocycles. The van der Waals surface area contributed by atoms with Crippen LogP contribution in [0.5, 0.6) is 5.75 Å². The maximum Gasteiger partial charge on any atom is 0.231 e. The van der Waals surface area contributed by atoms with Crippen molar-refractivity contribution in [3.63, 3.8) is 0 Å². The first-order chi connectivity index (χ1) is 8.77. The van der Waals surface area contributed by atoms with Gasteiger partial charge in [-0.25, -0.2) is 0 Å². The van der Waals surface area contributed by atoms with Crippen LogP contribution >= 0.6 is 0 Å². The van der Waals surface area contributed by atoms with E-state index < -0.39 is 0 Å². The van der Waals surface area contributed by atoms with Crippen LogP contribution in [0, 0.1) is 13.8 Å². The number of primary amides is 1. The Morgan fingerprint density at radius 1 is 1.37 bits per heavy atom. The zero-order valence-corrected chi connectivity index (χ0v) is 12.5. The highest BCUT2D eigenvalue weighted by Crippen LogP contribution is 2.34. The number of nitrogens with one attached hydrogen (secondary N) is 1. The van der Waals surface area contributed by atoms with Gasteiger partial charge in [-0.1, -0.05) is 31.5 Å². The van der Waals surface area contributed by atoms with Gasteiger partial charge in [-0.15, -0.1) is 0 Å². The Kier molecular flexibility index (Phi) is 4.95. The number of aryl methyl sites for hydroxylation is 2. The van der Waals surface area contributed by atoms with E-state index in [-0.39, 0.29) is 17.9 Å². The summed E-state index contributed by atoms with van der Waals surface area (Å²) in [6.07, 6.45) is 0. The van der Waals surface area contributed by atoms with Crippen molar-refractivity contribution in [1.29, 1.82) is 0 Å². The van der Waals surface area contributed by atoms with Crippen molar-refractivity contribution in [3.8, 4) is 5.75 Å². The van der Waals surface area contributed by atoms with Gasteiger partial charge in [0.05, 0.1) is 13.7 Å². The molecule has 4 heteroatoms. The summed E-state index contributed by atoms with van der Waals surface area (Å²) in [4.78, 5) is 10.8. The number of amides is 1. The number of nitrogens with two attached hydrogens (primary N) is 1. The molecule has 0 saturated heterocycles. The number of methoxy groups -OCH3 is 1. The van der Waals surface area contributed by atoms with Crippen molar-refractivity contribution in [1.82, 2.24) is 5.32 Å². The van der Waals surface area contributed by atoms with Gasteiger partial charge < -0.3 is 15.8 Å². The molecular weight excluding hydrogens is 240 g/mol. The van der Waals surface area contributed by atoms with Crippen LogP contribution in [0.25, 0.3) is 0 Å². The minimum atomic E-state index is -0.344. The van der Waals surface area contributed by atoms with Crippen molar-refractivity contribution in [2.45, 2.75) is 33.1 Å². The van der Waals surface area contributed by atoms with E-state index in [1.807, 2.05) is 6.92 Å². The minimum absolute atomic E-state index is 0.141. The van der Waals surface area contributed by atoms with Crippen LogP contribution in [0.4, 0.5) is 0 Å². The standard InChI is InChI=1S/C15H24N2O2/c1-10-6-11(2)14(19-5)12(7-10)15(3,4)9-17-8-13(16)18/h6-7,17H,8-9H2,1-5H3,(H2,16,18). The van der Waals surface area contributed by atoms with Gasteiger partial charge in [-0.05, 0) is 19.4 Å². The van der Waals surface area contributed by atoms with Gasteiger partial charge in [0.1, 0.15) is 5.75 Å². The molecule has 0 atom stereocenters. The maximum atomic E-state index is 10.8. The van der Waals surface area contributed by atoms with Crippen LogP contribution in [0.3, 0.4) is 0 Å². The monoisotopic (exact) mass is 264 g/mol. The average Bonchev–Trinajstić information content (AvgIpc) is 2.27. The van der Waals surface area contributed by atoms with Crippen molar-refractivity contribution in [2.75, 3.05) is 20.2 Å². The highest BCUT2D eigenvalue weighted by Gasteiger charge is 2.25. The summed E-state index contributed by atoms with van der Waals surface area (Å²) in [5, 5.41) is 3.08. The number of hydrogen-bond donors (Lipinski definition) is 2. The second-order valence-electron chi connectivity index (χ2n) is 5.62. The third-order valence-electron chi connectivity index (χ3n) is 3.22. The molecule has 0 aliphatic carbocycles. The van der Waals surface area contributed by atoms with Crippen molar-refractivity contribution < 1.29 is 9.53 Å². The smallest absolute Gasteiger partial charge is 0.231 e. The number of carbonyl (C=O) groups excluding carboxylic acids is 1. The lowest BCUT2D eigenvalue weighted by atomic mass is 9.82. The van der Waals surface area contributed by atoms with Crippen LogP contribution in [-0.4, -0.2) is 26.1 Å². The average molecular weight is 264 g/mol. The molecule has 0 fully saturated rings.